The fourth-order valence-corrected chi connectivity index (χ4v) is 2.23. The molecule has 2 fully saturated rings. The van der Waals surface area contributed by atoms with E-state index in [-0.39, 0.29) is 24.5 Å². The zero-order valence-corrected chi connectivity index (χ0v) is 10.0. The highest BCUT2D eigenvalue weighted by Crippen LogP contribution is 2.32. The minimum absolute atomic E-state index is 0.146. The number of anilines is 1. The predicted octanol–water partition coefficient (Wildman–Crippen LogP) is 1.08. The van der Waals surface area contributed by atoms with E-state index in [1.165, 1.54) is 4.90 Å². The molecule has 1 aliphatic heterocycles. The average Bonchev–Trinajstić information content (AvgIpc) is 3.17. The Morgan fingerprint density at radius 2 is 1.83 bits per heavy atom. The summed E-state index contributed by atoms with van der Waals surface area (Å²) in [7, 11) is 0. The topological polar surface area (TPSA) is 66.6 Å². The maximum absolute atomic E-state index is 12.2. The van der Waals surface area contributed by atoms with Gasteiger partial charge in [-0.1, -0.05) is 12.1 Å². The van der Waals surface area contributed by atoms with Gasteiger partial charge in [0.2, 0.25) is 0 Å². The van der Waals surface area contributed by atoms with Gasteiger partial charge in [0.15, 0.2) is 0 Å². The zero-order chi connectivity index (χ0) is 12.7. The third-order valence-electron chi connectivity index (χ3n) is 3.41. The summed E-state index contributed by atoms with van der Waals surface area (Å²) in [5, 5.41) is 0. The van der Waals surface area contributed by atoms with Gasteiger partial charge in [-0.05, 0) is 30.5 Å². The maximum atomic E-state index is 12.2. The number of carbonyl (C=O) groups is 2. The molecule has 1 heterocycles. The van der Waals surface area contributed by atoms with Crippen molar-refractivity contribution >= 4 is 17.6 Å². The summed E-state index contributed by atoms with van der Waals surface area (Å²) < 4.78 is 0. The van der Waals surface area contributed by atoms with Crippen LogP contribution in [0.3, 0.4) is 0 Å². The van der Waals surface area contributed by atoms with Crippen LogP contribution in [0.15, 0.2) is 24.3 Å². The molecule has 18 heavy (non-hydrogen) atoms. The molecule has 3 rings (SSSR count). The number of hydrogen-bond acceptors (Lipinski definition) is 3. The van der Waals surface area contributed by atoms with Gasteiger partial charge in [-0.15, -0.1) is 0 Å². The van der Waals surface area contributed by atoms with Crippen LogP contribution in [0.5, 0.6) is 0 Å². The third kappa shape index (κ3) is 1.76. The lowest BCUT2D eigenvalue weighted by Crippen LogP contribution is -2.34. The summed E-state index contributed by atoms with van der Waals surface area (Å²) in [6.45, 7) is 0.665. The Labute approximate surface area is 105 Å². The molecule has 1 saturated carbocycles. The molecule has 3 amide bonds. The van der Waals surface area contributed by atoms with Crippen LogP contribution in [0, 0.1) is 0 Å². The second-order valence-corrected chi connectivity index (χ2v) is 4.74. The average molecular weight is 245 g/mol. The Bertz CT molecular complexity index is 493. The monoisotopic (exact) mass is 245 g/mol. The van der Waals surface area contributed by atoms with Crippen molar-refractivity contribution in [3.05, 3.63) is 29.8 Å². The minimum Gasteiger partial charge on any atom is -0.326 e. The molecule has 2 aliphatic rings. The van der Waals surface area contributed by atoms with E-state index in [0.29, 0.717) is 12.2 Å². The molecule has 2 N–H and O–H groups in total. The molecule has 94 valence electrons. The summed E-state index contributed by atoms with van der Waals surface area (Å²) in [5.74, 6) is -0.146. The first-order valence-corrected chi connectivity index (χ1v) is 6.13. The molecule has 1 aromatic carbocycles. The Kier molecular flexibility index (Phi) is 2.56. The normalized spacial score (nSPS) is 19.8. The van der Waals surface area contributed by atoms with E-state index in [9.17, 15) is 9.59 Å². The lowest BCUT2D eigenvalue weighted by molar-refractivity contribution is -0.116. The van der Waals surface area contributed by atoms with Gasteiger partial charge in [-0.2, -0.15) is 0 Å². The molecule has 0 atom stereocenters. The smallest absolute Gasteiger partial charge is 0.326 e. The first-order valence-electron chi connectivity index (χ1n) is 6.13. The van der Waals surface area contributed by atoms with Crippen LogP contribution >= 0.6 is 0 Å². The molecular weight excluding hydrogens is 230 g/mol. The summed E-state index contributed by atoms with van der Waals surface area (Å²) in [5.41, 5.74) is 7.14. The van der Waals surface area contributed by atoms with E-state index >= 15 is 0 Å². The van der Waals surface area contributed by atoms with Crippen molar-refractivity contribution < 1.29 is 9.59 Å². The molecule has 1 saturated heterocycles. The number of rotatable bonds is 3. The molecule has 0 spiro atoms. The molecule has 1 aliphatic carbocycles. The van der Waals surface area contributed by atoms with E-state index in [1.54, 1.807) is 17.0 Å². The van der Waals surface area contributed by atoms with Crippen molar-refractivity contribution in [1.82, 2.24) is 4.90 Å². The number of amides is 3. The Hall–Kier alpha value is -1.88. The molecule has 1 aromatic rings. The fourth-order valence-electron chi connectivity index (χ4n) is 2.23. The van der Waals surface area contributed by atoms with Gasteiger partial charge in [0.25, 0.3) is 5.91 Å². The Morgan fingerprint density at radius 3 is 2.39 bits per heavy atom. The summed E-state index contributed by atoms with van der Waals surface area (Å²) >= 11 is 0. The highest BCUT2D eigenvalue weighted by molar-refractivity contribution is 6.19. The number of carbonyl (C=O) groups excluding carboxylic acids is 2. The second-order valence-electron chi connectivity index (χ2n) is 4.74. The molecule has 0 bridgehead atoms. The quantitative estimate of drug-likeness (QED) is 0.810. The molecule has 0 unspecified atom stereocenters. The van der Waals surface area contributed by atoms with Gasteiger partial charge in [0.1, 0.15) is 6.54 Å². The summed E-state index contributed by atoms with van der Waals surface area (Å²) in [4.78, 5) is 27.0. The van der Waals surface area contributed by atoms with Gasteiger partial charge < -0.3 is 10.6 Å². The van der Waals surface area contributed by atoms with Crippen molar-refractivity contribution in [3.63, 3.8) is 0 Å². The van der Waals surface area contributed by atoms with E-state index in [4.69, 9.17) is 5.73 Å². The third-order valence-corrected chi connectivity index (χ3v) is 3.41. The number of urea groups is 1. The maximum Gasteiger partial charge on any atom is 0.332 e. The standard InChI is InChI=1S/C13H15N3O2/c14-7-9-1-3-11(4-2-9)16-12(17)8-15(13(16)18)10-5-6-10/h1-4,10H,5-8,14H2. The van der Waals surface area contributed by atoms with Crippen molar-refractivity contribution in [3.8, 4) is 0 Å². The molecule has 0 radical (unpaired) electrons. The van der Waals surface area contributed by atoms with Crippen LogP contribution in [0.1, 0.15) is 18.4 Å². The highest BCUT2D eigenvalue weighted by atomic mass is 16.2. The number of nitrogens with two attached hydrogens (primary N) is 1. The molecule has 0 aromatic heterocycles. The molecule has 5 nitrogen and oxygen atoms in total. The predicted molar refractivity (Wildman–Crippen MR) is 66.9 cm³/mol. The SMILES string of the molecule is NCc1ccc(N2C(=O)CN(C3CC3)C2=O)cc1. The van der Waals surface area contributed by atoms with E-state index < -0.39 is 0 Å². The second kappa shape index (κ2) is 4.10. The van der Waals surface area contributed by atoms with Crippen molar-refractivity contribution in [1.29, 1.82) is 0 Å². The Morgan fingerprint density at radius 1 is 1.17 bits per heavy atom. The summed E-state index contributed by atoms with van der Waals surface area (Å²) in [6, 6.07) is 7.31. The highest BCUT2D eigenvalue weighted by Gasteiger charge is 2.44. The first-order chi connectivity index (χ1) is 8.70. The number of imide groups is 1. The van der Waals surface area contributed by atoms with Crippen molar-refractivity contribution in [2.75, 3.05) is 11.4 Å². The van der Waals surface area contributed by atoms with Crippen LogP contribution in [0.25, 0.3) is 0 Å². The first kappa shape index (κ1) is 11.2. The number of hydrogen-bond donors (Lipinski definition) is 1. The zero-order valence-electron chi connectivity index (χ0n) is 10.0. The van der Waals surface area contributed by atoms with E-state index in [2.05, 4.69) is 0 Å². The van der Waals surface area contributed by atoms with E-state index in [0.717, 1.165) is 18.4 Å². The minimum atomic E-state index is -0.192. The number of benzene rings is 1. The van der Waals surface area contributed by atoms with Gasteiger partial charge in [0, 0.05) is 12.6 Å². The van der Waals surface area contributed by atoms with Crippen molar-refractivity contribution in [2.45, 2.75) is 25.4 Å². The largest absolute Gasteiger partial charge is 0.332 e. The van der Waals surface area contributed by atoms with Gasteiger partial charge in [-0.3, -0.25) is 4.79 Å². The van der Waals surface area contributed by atoms with Crippen molar-refractivity contribution in [2.24, 2.45) is 5.73 Å². The van der Waals surface area contributed by atoms with Gasteiger partial charge >= 0.3 is 6.03 Å². The lowest BCUT2D eigenvalue weighted by Gasteiger charge is -2.16. The lowest BCUT2D eigenvalue weighted by atomic mass is 10.2. The van der Waals surface area contributed by atoms with Crippen LogP contribution in [0.4, 0.5) is 10.5 Å². The van der Waals surface area contributed by atoms with Crippen LogP contribution in [-0.2, 0) is 11.3 Å². The molecular formula is C13H15N3O2. The van der Waals surface area contributed by atoms with Gasteiger partial charge in [-0.25, -0.2) is 9.69 Å². The van der Waals surface area contributed by atoms with E-state index in [1.807, 2.05) is 12.1 Å². The number of nitrogens with zero attached hydrogens (tertiary/aromatic N) is 2. The van der Waals surface area contributed by atoms with Crippen LogP contribution in [-0.4, -0.2) is 29.4 Å². The Balaban J connectivity index is 1.85. The van der Waals surface area contributed by atoms with Crippen LogP contribution in [0.2, 0.25) is 0 Å². The van der Waals surface area contributed by atoms with Gasteiger partial charge in [0.05, 0.1) is 5.69 Å². The van der Waals surface area contributed by atoms with Crippen LogP contribution < -0.4 is 10.6 Å². The molecule has 5 heteroatoms. The fraction of sp³-hybridized carbons (Fsp3) is 0.385. The summed E-state index contributed by atoms with van der Waals surface area (Å²) in [6.07, 6.45) is 2.03.